The number of nitrogen functional groups attached to an aromatic ring is 1. The van der Waals surface area contributed by atoms with Crippen LogP contribution in [0.4, 0.5) is 11.5 Å². The Morgan fingerprint density at radius 2 is 2.00 bits per heavy atom. The molecular weight excluding hydrogens is 416 g/mol. The predicted octanol–water partition coefficient (Wildman–Crippen LogP) is 1.09. The molecule has 0 radical (unpaired) electrons. The Balaban J connectivity index is 2.06. The minimum atomic E-state index is -1.08. The molecule has 1 atom stereocenters. The molecule has 11 heteroatoms. The van der Waals surface area contributed by atoms with Gasteiger partial charge in [0.25, 0.3) is 5.91 Å². The third-order valence-corrected chi connectivity index (χ3v) is 4.45. The summed E-state index contributed by atoms with van der Waals surface area (Å²) in [6.07, 6.45) is 1.13. The van der Waals surface area contributed by atoms with E-state index in [0.29, 0.717) is 17.8 Å². The molecule has 1 amide bonds. The minimum absolute atomic E-state index is 0.0574. The summed E-state index contributed by atoms with van der Waals surface area (Å²) in [5, 5.41) is 20.4. The first-order valence-corrected chi connectivity index (χ1v) is 9.77. The third-order valence-electron chi connectivity index (χ3n) is 4.45. The van der Waals surface area contributed by atoms with Crippen LogP contribution in [0.2, 0.25) is 0 Å². The van der Waals surface area contributed by atoms with Crippen LogP contribution in [-0.4, -0.2) is 52.6 Å². The largest absolute Gasteiger partial charge is 0.481 e. The number of hydrogen-bond acceptors (Lipinski definition) is 9. The molecule has 1 aromatic carbocycles. The van der Waals surface area contributed by atoms with Crippen LogP contribution in [0.1, 0.15) is 41.5 Å². The number of aliphatic carboxylic acids is 1. The molecule has 1 heterocycles. The van der Waals surface area contributed by atoms with Crippen molar-refractivity contribution in [2.45, 2.75) is 32.4 Å². The summed E-state index contributed by atoms with van der Waals surface area (Å²) in [4.78, 5) is 45.4. The SMILES string of the molecule is CCOC(=O)[C@H](CCC(=O)O)NC(=O)c1ccc(N(C)Cc2cnc(N)c(C#N)n2)cc1. The first-order valence-electron chi connectivity index (χ1n) is 9.77. The van der Waals surface area contributed by atoms with E-state index in [1.807, 2.05) is 18.0 Å². The Morgan fingerprint density at radius 3 is 2.59 bits per heavy atom. The Morgan fingerprint density at radius 1 is 1.31 bits per heavy atom. The van der Waals surface area contributed by atoms with Crippen molar-refractivity contribution in [1.29, 1.82) is 5.26 Å². The summed E-state index contributed by atoms with van der Waals surface area (Å²) in [6, 6.07) is 7.41. The lowest BCUT2D eigenvalue weighted by atomic mass is 10.1. The third kappa shape index (κ3) is 6.66. The van der Waals surface area contributed by atoms with Crippen LogP contribution in [0.15, 0.2) is 30.5 Å². The van der Waals surface area contributed by atoms with Crippen molar-refractivity contribution in [3.63, 3.8) is 0 Å². The number of nitrogens with one attached hydrogen (secondary N) is 1. The molecule has 0 unspecified atom stereocenters. The van der Waals surface area contributed by atoms with Gasteiger partial charge in [-0.25, -0.2) is 14.8 Å². The lowest BCUT2D eigenvalue weighted by Gasteiger charge is -2.20. The van der Waals surface area contributed by atoms with Crippen LogP contribution in [0, 0.1) is 11.3 Å². The number of nitriles is 1. The topological polar surface area (TPSA) is 172 Å². The second-order valence-corrected chi connectivity index (χ2v) is 6.82. The van der Waals surface area contributed by atoms with Crippen LogP contribution >= 0.6 is 0 Å². The van der Waals surface area contributed by atoms with Crippen LogP contribution in [0.3, 0.4) is 0 Å². The molecule has 1 aromatic heterocycles. The lowest BCUT2D eigenvalue weighted by molar-refractivity contribution is -0.146. The standard InChI is InChI=1S/C21H24N6O5/c1-3-32-21(31)16(8-9-18(28)29)26-20(30)13-4-6-15(7-5-13)27(2)12-14-11-24-19(23)17(10-22)25-14/h4-7,11,16H,3,8-9,12H2,1-2H3,(H2,23,24)(H,26,30)(H,28,29)/t16-/m0/s1. The number of carboxylic acid groups (broad SMARTS) is 1. The predicted molar refractivity (Wildman–Crippen MR) is 114 cm³/mol. The molecule has 168 valence electrons. The molecule has 0 bridgehead atoms. The van der Waals surface area contributed by atoms with E-state index >= 15 is 0 Å². The first kappa shape index (κ1) is 24.1. The van der Waals surface area contributed by atoms with E-state index in [0.717, 1.165) is 5.69 Å². The number of carboxylic acids is 1. The number of benzene rings is 1. The Hall–Kier alpha value is -4.20. The van der Waals surface area contributed by atoms with E-state index in [2.05, 4.69) is 15.3 Å². The van der Waals surface area contributed by atoms with Gasteiger partial charge in [-0.1, -0.05) is 0 Å². The average molecular weight is 440 g/mol. The number of nitrogens with two attached hydrogens (primary N) is 1. The van der Waals surface area contributed by atoms with Crippen LogP contribution in [-0.2, 0) is 20.9 Å². The van der Waals surface area contributed by atoms with Crippen LogP contribution < -0.4 is 16.0 Å². The smallest absolute Gasteiger partial charge is 0.328 e. The molecule has 2 aromatic rings. The summed E-state index contributed by atoms with van der Waals surface area (Å²) < 4.78 is 4.91. The molecule has 4 N–H and O–H groups in total. The van der Waals surface area contributed by atoms with Crippen molar-refractivity contribution >= 4 is 29.4 Å². The van der Waals surface area contributed by atoms with E-state index in [-0.39, 0.29) is 31.0 Å². The van der Waals surface area contributed by atoms with E-state index in [9.17, 15) is 14.4 Å². The van der Waals surface area contributed by atoms with E-state index in [1.165, 1.54) is 6.20 Å². The molecule has 0 aliphatic rings. The molecule has 0 saturated heterocycles. The van der Waals surface area contributed by atoms with Crippen LogP contribution in [0.25, 0.3) is 0 Å². The second kappa shape index (κ2) is 11.3. The molecule has 0 aliphatic carbocycles. The highest BCUT2D eigenvalue weighted by molar-refractivity contribution is 5.97. The number of ether oxygens (including phenoxy) is 1. The number of aromatic nitrogens is 2. The van der Waals surface area contributed by atoms with Gasteiger partial charge in [-0.3, -0.25) is 9.59 Å². The van der Waals surface area contributed by atoms with Crippen molar-refractivity contribution < 1.29 is 24.2 Å². The average Bonchev–Trinajstić information content (AvgIpc) is 2.77. The van der Waals surface area contributed by atoms with Gasteiger partial charge in [-0.15, -0.1) is 0 Å². The molecule has 2 rings (SSSR count). The van der Waals surface area contributed by atoms with E-state index in [4.69, 9.17) is 20.8 Å². The van der Waals surface area contributed by atoms with Crippen molar-refractivity contribution in [2.75, 3.05) is 24.3 Å². The highest BCUT2D eigenvalue weighted by Gasteiger charge is 2.23. The maximum atomic E-state index is 12.5. The zero-order valence-electron chi connectivity index (χ0n) is 17.7. The maximum absolute atomic E-state index is 12.5. The molecule has 11 nitrogen and oxygen atoms in total. The quantitative estimate of drug-likeness (QED) is 0.454. The zero-order chi connectivity index (χ0) is 23.7. The Bertz CT molecular complexity index is 1020. The number of anilines is 2. The van der Waals surface area contributed by atoms with Gasteiger partial charge in [0, 0.05) is 24.7 Å². The van der Waals surface area contributed by atoms with Gasteiger partial charge >= 0.3 is 11.9 Å². The van der Waals surface area contributed by atoms with E-state index in [1.54, 1.807) is 31.2 Å². The summed E-state index contributed by atoms with van der Waals surface area (Å²) in [5.74, 6) is -2.21. The molecule has 32 heavy (non-hydrogen) atoms. The van der Waals surface area contributed by atoms with Gasteiger partial charge in [0.1, 0.15) is 12.1 Å². The van der Waals surface area contributed by atoms with Crippen molar-refractivity contribution in [3.05, 3.63) is 47.4 Å². The van der Waals surface area contributed by atoms with Gasteiger partial charge in [-0.2, -0.15) is 5.26 Å². The number of carbonyl (C=O) groups is 3. The van der Waals surface area contributed by atoms with Crippen molar-refractivity contribution in [2.24, 2.45) is 0 Å². The van der Waals surface area contributed by atoms with Gasteiger partial charge in [-0.05, 0) is 37.6 Å². The summed E-state index contributed by atoms with van der Waals surface area (Å²) in [7, 11) is 1.81. The minimum Gasteiger partial charge on any atom is -0.481 e. The number of hydrogen-bond donors (Lipinski definition) is 3. The first-order chi connectivity index (χ1) is 15.2. The normalized spacial score (nSPS) is 11.2. The van der Waals surface area contributed by atoms with Crippen molar-refractivity contribution in [3.8, 4) is 6.07 Å². The fourth-order valence-electron chi connectivity index (χ4n) is 2.80. The number of amides is 1. The monoisotopic (exact) mass is 440 g/mol. The molecule has 0 spiro atoms. The van der Waals surface area contributed by atoms with Crippen molar-refractivity contribution in [1.82, 2.24) is 15.3 Å². The highest BCUT2D eigenvalue weighted by atomic mass is 16.5. The fourth-order valence-corrected chi connectivity index (χ4v) is 2.80. The van der Waals surface area contributed by atoms with Crippen LogP contribution in [0.5, 0.6) is 0 Å². The molecular formula is C21H24N6O5. The molecule has 0 aliphatic heterocycles. The number of rotatable bonds is 10. The number of nitrogens with zero attached hydrogens (tertiary/aromatic N) is 4. The molecule has 0 saturated carbocycles. The highest BCUT2D eigenvalue weighted by Crippen LogP contribution is 2.17. The summed E-state index contributed by atoms with van der Waals surface area (Å²) in [5.41, 5.74) is 7.26. The van der Waals surface area contributed by atoms with Gasteiger partial charge in [0.2, 0.25) is 0 Å². The molecule has 0 fully saturated rings. The van der Waals surface area contributed by atoms with Gasteiger partial charge < -0.3 is 25.8 Å². The Kier molecular flexibility index (Phi) is 8.47. The number of esters is 1. The maximum Gasteiger partial charge on any atom is 0.328 e. The zero-order valence-corrected chi connectivity index (χ0v) is 17.7. The fraction of sp³-hybridized carbons (Fsp3) is 0.333. The second-order valence-electron chi connectivity index (χ2n) is 6.82. The summed E-state index contributed by atoms with van der Waals surface area (Å²) in [6.45, 7) is 2.10. The Labute approximate surface area is 184 Å². The summed E-state index contributed by atoms with van der Waals surface area (Å²) >= 11 is 0. The van der Waals surface area contributed by atoms with Gasteiger partial charge in [0.05, 0.1) is 25.0 Å². The number of carbonyl (C=O) groups excluding carboxylic acids is 2. The van der Waals surface area contributed by atoms with Gasteiger partial charge in [0.15, 0.2) is 11.5 Å². The lowest BCUT2D eigenvalue weighted by Crippen LogP contribution is -2.42. The van der Waals surface area contributed by atoms with E-state index < -0.39 is 23.9 Å².